The zero-order valence-corrected chi connectivity index (χ0v) is 12.2. The second-order valence-electron chi connectivity index (χ2n) is 4.75. The summed E-state index contributed by atoms with van der Waals surface area (Å²) in [7, 11) is -2.98. The van der Waals surface area contributed by atoms with E-state index in [4.69, 9.17) is 10.5 Å². The summed E-state index contributed by atoms with van der Waals surface area (Å²) in [6, 6.07) is -0.0462. The molecule has 0 amide bonds. The van der Waals surface area contributed by atoms with Crippen LogP contribution in [-0.2, 0) is 9.84 Å². The van der Waals surface area contributed by atoms with Gasteiger partial charge >= 0.3 is 6.01 Å². The maximum atomic E-state index is 11.6. The van der Waals surface area contributed by atoms with Crippen LogP contribution in [0.2, 0.25) is 0 Å². The summed E-state index contributed by atoms with van der Waals surface area (Å²) in [5.74, 6) is 0.636. The van der Waals surface area contributed by atoms with Gasteiger partial charge in [0.1, 0.15) is 0 Å². The van der Waals surface area contributed by atoms with Crippen LogP contribution in [0, 0.1) is 0 Å². The van der Waals surface area contributed by atoms with Crippen LogP contribution < -0.4 is 15.8 Å². The molecular weight excluding hydrogens is 282 g/mol. The van der Waals surface area contributed by atoms with Crippen molar-refractivity contribution in [3.8, 4) is 6.01 Å². The van der Waals surface area contributed by atoms with Crippen LogP contribution in [0.25, 0.3) is 0 Å². The summed E-state index contributed by atoms with van der Waals surface area (Å²) in [4.78, 5) is 11.9. The van der Waals surface area contributed by atoms with E-state index in [2.05, 4.69) is 20.3 Å². The average molecular weight is 301 g/mol. The first-order chi connectivity index (χ1) is 9.48. The molecule has 8 nitrogen and oxygen atoms in total. The van der Waals surface area contributed by atoms with Crippen molar-refractivity contribution < 1.29 is 13.2 Å². The van der Waals surface area contributed by atoms with E-state index < -0.39 is 9.84 Å². The number of hydrogen-bond acceptors (Lipinski definition) is 8. The van der Waals surface area contributed by atoms with Crippen LogP contribution >= 0.6 is 0 Å². The lowest BCUT2D eigenvalue weighted by Gasteiger charge is -2.22. The number of nitrogens with two attached hydrogens (primary N) is 1. The summed E-state index contributed by atoms with van der Waals surface area (Å²) in [5.41, 5.74) is 5.59. The van der Waals surface area contributed by atoms with Gasteiger partial charge in [0.2, 0.25) is 11.9 Å². The lowest BCUT2D eigenvalue weighted by atomic mass is 10.2. The Labute approximate surface area is 118 Å². The van der Waals surface area contributed by atoms with Crippen molar-refractivity contribution in [2.24, 2.45) is 0 Å². The maximum Gasteiger partial charge on any atom is 0.323 e. The Hall–Kier alpha value is -1.64. The maximum absolute atomic E-state index is 11.6. The van der Waals surface area contributed by atoms with E-state index in [0.29, 0.717) is 13.0 Å². The monoisotopic (exact) mass is 301 g/mol. The van der Waals surface area contributed by atoms with E-state index in [0.717, 1.165) is 12.8 Å². The largest absolute Gasteiger partial charge is 0.463 e. The summed E-state index contributed by atoms with van der Waals surface area (Å²) < 4.78 is 28.5. The van der Waals surface area contributed by atoms with Crippen molar-refractivity contribution >= 4 is 21.7 Å². The first-order valence-electron chi connectivity index (χ1n) is 6.60. The zero-order valence-electron chi connectivity index (χ0n) is 11.4. The van der Waals surface area contributed by atoms with E-state index in [1.807, 2.05) is 6.92 Å². The van der Waals surface area contributed by atoms with Gasteiger partial charge in [-0.1, -0.05) is 6.92 Å². The van der Waals surface area contributed by atoms with E-state index in [9.17, 15) is 8.42 Å². The van der Waals surface area contributed by atoms with Gasteiger partial charge in [0.05, 0.1) is 18.1 Å². The Balaban J connectivity index is 2.06. The fourth-order valence-corrected chi connectivity index (χ4v) is 3.65. The second-order valence-corrected chi connectivity index (χ2v) is 6.97. The first-order valence-corrected chi connectivity index (χ1v) is 8.42. The van der Waals surface area contributed by atoms with Crippen LogP contribution in [0.3, 0.4) is 0 Å². The molecule has 1 fully saturated rings. The third-order valence-corrected chi connectivity index (χ3v) is 4.68. The molecule has 0 aliphatic carbocycles. The highest BCUT2D eigenvalue weighted by atomic mass is 32.2. The molecule has 9 heteroatoms. The third kappa shape index (κ3) is 4.19. The minimum Gasteiger partial charge on any atom is -0.463 e. The lowest BCUT2D eigenvalue weighted by molar-refractivity contribution is 0.292. The van der Waals surface area contributed by atoms with Crippen LogP contribution in [0.5, 0.6) is 6.01 Å². The van der Waals surface area contributed by atoms with Crippen molar-refractivity contribution in [1.82, 2.24) is 15.0 Å². The Morgan fingerprint density at radius 3 is 2.90 bits per heavy atom. The molecule has 1 aliphatic heterocycles. The Morgan fingerprint density at radius 2 is 2.20 bits per heavy atom. The van der Waals surface area contributed by atoms with Gasteiger partial charge in [-0.05, 0) is 19.3 Å². The molecule has 0 saturated carbocycles. The Bertz CT molecular complexity index is 563. The number of anilines is 2. The molecule has 2 heterocycles. The number of nitrogens with zero attached hydrogens (tertiary/aromatic N) is 3. The molecule has 1 unspecified atom stereocenters. The molecule has 1 atom stereocenters. The van der Waals surface area contributed by atoms with Gasteiger partial charge in [0.15, 0.2) is 9.84 Å². The standard InChI is InChI=1S/C11H19N5O3S/c1-2-5-19-11-15-9(12)14-10(16-11)13-8-4-3-6-20(17,18)7-8/h8H,2-7H2,1H3,(H3,12,13,14,15,16). The zero-order chi connectivity index (χ0) is 14.6. The SMILES string of the molecule is CCCOc1nc(N)nc(NC2CCCS(=O)(=O)C2)n1. The normalized spacial score (nSPS) is 21.4. The quantitative estimate of drug-likeness (QED) is 0.793. The van der Waals surface area contributed by atoms with E-state index in [1.165, 1.54) is 0 Å². The highest BCUT2D eigenvalue weighted by Crippen LogP contribution is 2.17. The number of nitrogens with one attached hydrogen (secondary N) is 1. The molecule has 0 aromatic carbocycles. The Kier molecular flexibility index (Phi) is 4.58. The van der Waals surface area contributed by atoms with Crippen molar-refractivity contribution in [3.63, 3.8) is 0 Å². The van der Waals surface area contributed by atoms with Gasteiger partial charge in [0, 0.05) is 6.04 Å². The van der Waals surface area contributed by atoms with Crippen LogP contribution in [0.15, 0.2) is 0 Å². The predicted octanol–water partition coefficient (Wildman–Crippen LogP) is 0.232. The highest BCUT2D eigenvalue weighted by molar-refractivity contribution is 7.91. The van der Waals surface area contributed by atoms with Crippen molar-refractivity contribution in [1.29, 1.82) is 0 Å². The second kappa shape index (κ2) is 6.21. The number of hydrogen-bond donors (Lipinski definition) is 2. The van der Waals surface area contributed by atoms with E-state index >= 15 is 0 Å². The molecule has 0 radical (unpaired) electrons. The molecule has 0 bridgehead atoms. The van der Waals surface area contributed by atoms with Crippen molar-refractivity contribution in [2.75, 3.05) is 29.2 Å². The summed E-state index contributed by atoms with van der Waals surface area (Å²) in [6.45, 7) is 2.46. The molecule has 3 N–H and O–H groups in total. The molecule has 1 aliphatic rings. The molecule has 1 aromatic heterocycles. The smallest absolute Gasteiger partial charge is 0.323 e. The van der Waals surface area contributed by atoms with Crippen molar-refractivity contribution in [2.45, 2.75) is 32.2 Å². The third-order valence-electron chi connectivity index (χ3n) is 2.86. The van der Waals surface area contributed by atoms with E-state index in [1.54, 1.807) is 0 Å². The lowest BCUT2D eigenvalue weighted by Crippen LogP contribution is -2.35. The van der Waals surface area contributed by atoms with Gasteiger partial charge < -0.3 is 15.8 Å². The summed E-state index contributed by atoms with van der Waals surface area (Å²) in [6.07, 6.45) is 2.23. The van der Waals surface area contributed by atoms with Crippen LogP contribution in [-0.4, -0.2) is 47.5 Å². The topological polar surface area (TPSA) is 120 Å². The van der Waals surface area contributed by atoms with Crippen molar-refractivity contribution in [3.05, 3.63) is 0 Å². The molecule has 112 valence electrons. The summed E-state index contributed by atoms with van der Waals surface area (Å²) >= 11 is 0. The fourth-order valence-electron chi connectivity index (χ4n) is 2.01. The highest BCUT2D eigenvalue weighted by Gasteiger charge is 2.25. The number of rotatable bonds is 5. The average Bonchev–Trinajstić information content (AvgIpc) is 2.34. The van der Waals surface area contributed by atoms with Gasteiger partial charge in [-0.25, -0.2) is 8.42 Å². The first kappa shape index (κ1) is 14.8. The van der Waals surface area contributed by atoms with Gasteiger partial charge in [-0.15, -0.1) is 0 Å². The Morgan fingerprint density at radius 1 is 1.40 bits per heavy atom. The number of ether oxygens (including phenoxy) is 1. The number of sulfone groups is 1. The minimum atomic E-state index is -2.98. The predicted molar refractivity (Wildman–Crippen MR) is 75.3 cm³/mol. The number of nitrogen functional groups attached to an aromatic ring is 1. The molecular formula is C11H19N5O3S. The van der Waals surface area contributed by atoms with Gasteiger partial charge in [-0.3, -0.25) is 0 Å². The fraction of sp³-hybridized carbons (Fsp3) is 0.727. The minimum absolute atomic E-state index is 0.0484. The molecule has 0 spiro atoms. The summed E-state index contributed by atoms with van der Waals surface area (Å²) in [5, 5.41) is 2.99. The van der Waals surface area contributed by atoms with Crippen LogP contribution in [0.1, 0.15) is 26.2 Å². The van der Waals surface area contributed by atoms with Gasteiger partial charge in [0.25, 0.3) is 0 Å². The van der Waals surface area contributed by atoms with Gasteiger partial charge in [-0.2, -0.15) is 15.0 Å². The molecule has 2 rings (SSSR count). The number of aromatic nitrogens is 3. The van der Waals surface area contributed by atoms with Crippen LogP contribution in [0.4, 0.5) is 11.9 Å². The molecule has 1 aromatic rings. The molecule has 1 saturated heterocycles. The van der Waals surface area contributed by atoms with E-state index in [-0.39, 0.29) is 35.5 Å². The molecule has 20 heavy (non-hydrogen) atoms.